The molecule has 4 nitrogen and oxygen atoms in total. The lowest BCUT2D eigenvalue weighted by Crippen LogP contribution is -2.19. The second kappa shape index (κ2) is 7.32. The van der Waals surface area contributed by atoms with E-state index >= 15 is 0 Å². The minimum Gasteiger partial charge on any atom is -0.489 e. The maximum atomic E-state index is 5.82. The van der Waals surface area contributed by atoms with Crippen LogP contribution in [0.4, 0.5) is 0 Å². The normalized spacial score (nSPS) is 12.2. The van der Waals surface area contributed by atoms with E-state index in [1.54, 1.807) is 0 Å². The summed E-state index contributed by atoms with van der Waals surface area (Å²) in [7, 11) is 0. The van der Waals surface area contributed by atoms with Crippen LogP contribution < -0.4 is 10.1 Å². The van der Waals surface area contributed by atoms with Gasteiger partial charge in [-0.25, -0.2) is 4.98 Å². The molecular formula is C20H23N3O. The van der Waals surface area contributed by atoms with Gasteiger partial charge in [0.1, 0.15) is 18.2 Å². The molecule has 0 amide bonds. The lowest BCUT2D eigenvalue weighted by Gasteiger charge is -2.15. The summed E-state index contributed by atoms with van der Waals surface area (Å²) in [5.74, 6) is 1.83. The van der Waals surface area contributed by atoms with Gasteiger partial charge in [-0.3, -0.25) is 0 Å². The number of nitrogens with zero attached hydrogens (tertiary/aromatic N) is 1. The topological polar surface area (TPSA) is 49.9 Å². The highest BCUT2D eigenvalue weighted by molar-refractivity contribution is 5.74. The van der Waals surface area contributed by atoms with Gasteiger partial charge in [0, 0.05) is 12.1 Å². The molecule has 0 aliphatic rings. The number of fused-ring (bicyclic) bond motifs is 1. The lowest BCUT2D eigenvalue weighted by atomic mass is 10.2. The van der Waals surface area contributed by atoms with Crippen LogP contribution >= 0.6 is 0 Å². The first-order chi connectivity index (χ1) is 11.6. The Morgan fingerprint density at radius 3 is 2.75 bits per heavy atom. The predicted octanol–water partition coefficient (Wildman–Crippen LogP) is 4.37. The van der Waals surface area contributed by atoms with E-state index in [0.29, 0.717) is 13.2 Å². The molecule has 0 bridgehead atoms. The molecule has 0 radical (unpaired) electrons. The van der Waals surface area contributed by atoms with E-state index in [-0.39, 0.29) is 6.04 Å². The fourth-order valence-electron chi connectivity index (χ4n) is 2.53. The third-order valence-corrected chi connectivity index (χ3v) is 3.86. The molecule has 0 fully saturated rings. The fourth-order valence-corrected chi connectivity index (χ4v) is 2.53. The van der Waals surface area contributed by atoms with E-state index in [1.807, 2.05) is 49.4 Å². The number of aromatic nitrogens is 2. The maximum Gasteiger partial charge on any atom is 0.124 e. The first-order valence-corrected chi connectivity index (χ1v) is 8.16. The molecule has 1 aromatic heterocycles. The van der Waals surface area contributed by atoms with Gasteiger partial charge < -0.3 is 15.0 Å². The fraction of sp³-hybridized carbons (Fsp3) is 0.250. The molecule has 24 heavy (non-hydrogen) atoms. The standard InChI is InChI=1S/C20H23N3O/c1-14(2)13-24-19-11-7-4-8-16(19)12-21-15(3)20-22-17-9-5-6-10-18(17)23-20/h4-11,15,21H,1,12-13H2,2-3H3,(H,22,23)/t15-/m0/s1. The molecule has 0 unspecified atom stereocenters. The van der Waals surface area contributed by atoms with Gasteiger partial charge in [-0.1, -0.05) is 36.9 Å². The summed E-state index contributed by atoms with van der Waals surface area (Å²) in [5.41, 5.74) is 4.19. The highest BCUT2D eigenvalue weighted by Gasteiger charge is 2.11. The van der Waals surface area contributed by atoms with E-state index in [2.05, 4.69) is 34.9 Å². The Bertz CT molecular complexity index is 805. The van der Waals surface area contributed by atoms with Crippen molar-refractivity contribution in [2.45, 2.75) is 26.4 Å². The van der Waals surface area contributed by atoms with Gasteiger partial charge in [0.2, 0.25) is 0 Å². The summed E-state index contributed by atoms with van der Waals surface area (Å²) in [6.07, 6.45) is 0. The molecule has 3 rings (SSSR count). The Morgan fingerprint density at radius 1 is 1.21 bits per heavy atom. The van der Waals surface area contributed by atoms with E-state index in [9.17, 15) is 0 Å². The lowest BCUT2D eigenvalue weighted by molar-refractivity contribution is 0.346. The molecule has 0 saturated carbocycles. The maximum absolute atomic E-state index is 5.82. The number of aromatic amines is 1. The van der Waals surface area contributed by atoms with Crippen molar-refractivity contribution in [2.75, 3.05) is 6.61 Å². The van der Waals surface area contributed by atoms with E-state index in [0.717, 1.165) is 33.7 Å². The third-order valence-electron chi connectivity index (χ3n) is 3.86. The summed E-state index contributed by atoms with van der Waals surface area (Å²) in [4.78, 5) is 8.02. The first kappa shape index (κ1) is 16.3. The van der Waals surface area contributed by atoms with Gasteiger partial charge in [0.25, 0.3) is 0 Å². The molecule has 124 valence electrons. The van der Waals surface area contributed by atoms with Crippen molar-refractivity contribution >= 4 is 11.0 Å². The summed E-state index contributed by atoms with van der Waals surface area (Å²) in [6.45, 7) is 9.20. The van der Waals surface area contributed by atoms with Crippen LogP contribution in [0.15, 0.2) is 60.7 Å². The molecule has 0 aliphatic heterocycles. The van der Waals surface area contributed by atoms with Crippen LogP contribution in [0.25, 0.3) is 11.0 Å². The number of hydrogen-bond donors (Lipinski definition) is 2. The zero-order valence-electron chi connectivity index (χ0n) is 14.2. The van der Waals surface area contributed by atoms with Crippen LogP contribution in [-0.4, -0.2) is 16.6 Å². The Morgan fingerprint density at radius 2 is 1.96 bits per heavy atom. The molecule has 4 heteroatoms. The van der Waals surface area contributed by atoms with Gasteiger partial charge in [0.15, 0.2) is 0 Å². The molecule has 3 aromatic rings. The number of rotatable bonds is 7. The number of benzene rings is 2. The highest BCUT2D eigenvalue weighted by atomic mass is 16.5. The Labute approximate surface area is 142 Å². The SMILES string of the molecule is C=C(C)COc1ccccc1CN[C@@H](C)c1nc2ccccc2[nH]1. The van der Waals surface area contributed by atoms with Crippen molar-refractivity contribution in [1.82, 2.24) is 15.3 Å². The number of nitrogens with one attached hydrogen (secondary N) is 2. The first-order valence-electron chi connectivity index (χ1n) is 8.16. The van der Waals surface area contributed by atoms with Crippen LogP contribution in [0.1, 0.15) is 31.3 Å². The van der Waals surface area contributed by atoms with E-state index < -0.39 is 0 Å². The van der Waals surface area contributed by atoms with Crippen LogP contribution in [0, 0.1) is 0 Å². The molecule has 1 atom stereocenters. The molecule has 2 aromatic carbocycles. The van der Waals surface area contributed by atoms with Gasteiger partial charge in [-0.15, -0.1) is 0 Å². The van der Waals surface area contributed by atoms with Crippen LogP contribution in [0.2, 0.25) is 0 Å². The minimum absolute atomic E-state index is 0.117. The number of hydrogen-bond acceptors (Lipinski definition) is 3. The quantitative estimate of drug-likeness (QED) is 0.635. The zero-order chi connectivity index (χ0) is 16.9. The van der Waals surface area contributed by atoms with Gasteiger partial charge in [0.05, 0.1) is 17.1 Å². The molecular weight excluding hydrogens is 298 g/mol. The second-order valence-electron chi connectivity index (χ2n) is 6.10. The average Bonchev–Trinajstić information content (AvgIpc) is 3.02. The number of ether oxygens (including phenoxy) is 1. The third kappa shape index (κ3) is 3.84. The molecule has 0 spiro atoms. The van der Waals surface area contributed by atoms with Crippen molar-refractivity contribution < 1.29 is 4.74 Å². The Balaban J connectivity index is 1.67. The number of imidazole rings is 1. The highest BCUT2D eigenvalue weighted by Crippen LogP contribution is 2.20. The van der Waals surface area contributed by atoms with Crippen molar-refractivity contribution in [2.24, 2.45) is 0 Å². The molecule has 2 N–H and O–H groups in total. The largest absolute Gasteiger partial charge is 0.489 e. The van der Waals surface area contributed by atoms with Gasteiger partial charge in [-0.2, -0.15) is 0 Å². The van der Waals surface area contributed by atoms with Crippen molar-refractivity contribution in [3.63, 3.8) is 0 Å². The van der Waals surface area contributed by atoms with Gasteiger partial charge in [-0.05, 0) is 37.6 Å². The summed E-state index contributed by atoms with van der Waals surface area (Å²) >= 11 is 0. The average molecular weight is 321 g/mol. The summed E-state index contributed by atoms with van der Waals surface area (Å²) in [5, 5.41) is 3.51. The van der Waals surface area contributed by atoms with Crippen LogP contribution in [-0.2, 0) is 6.54 Å². The number of para-hydroxylation sites is 3. The molecule has 0 aliphatic carbocycles. The van der Waals surface area contributed by atoms with Crippen LogP contribution in [0.5, 0.6) is 5.75 Å². The predicted molar refractivity (Wildman–Crippen MR) is 98.1 cm³/mol. The van der Waals surface area contributed by atoms with Crippen LogP contribution in [0.3, 0.4) is 0 Å². The molecule has 1 heterocycles. The zero-order valence-corrected chi connectivity index (χ0v) is 14.2. The second-order valence-corrected chi connectivity index (χ2v) is 6.10. The number of H-pyrrole nitrogens is 1. The van der Waals surface area contributed by atoms with Gasteiger partial charge >= 0.3 is 0 Å². The monoisotopic (exact) mass is 321 g/mol. The Kier molecular flexibility index (Phi) is 4.96. The van der Waals surface area contributed by atoms with Crippen molar-refractivity contribution in [3.8, 4) is 5.75 Å². The smallest absolute Gasteiger partial charge is 0.124 e. The molecule has 0 saturated heterocycles. The summed E-state index contributed by atoms with van der Waals surface area (Å²) < 4.78 is 5.82. The van der Waals surface area contributed by atoms with E-state index in [4.69, 9.17) is 4.74 Å². The minimum atomic E-state index is 0.117. The van der Waals surface area contributed by atoms with E-state index in [1.165, 1.54) is 0 Å². The Hall–Kier alpha value is -2.59. The van der Waals surface area contributed by atoms with Crippen molar-refractivity contribution in [1.29, 1.82) is 0 Å². The summed E-state index contributed by atoms with van der Waals surface area (Å²) in [6, 6.07) is 16.3. The van der Waals surface area contributed by atoms with Crippen molar-refractivity contribution in [3.05, 3.63) is 72.1 Å².